The zero-order chi connectivity index (χ0) is 13.8. The maximum Gasteiger partial charge on any atom is 0.0702 e. The quantitative estimate of drug-likeness (QED) is 0.919. The highest BCUT2D eigenvalue weighted by Gasteiger charge is 2.20. The van der Waals surface area contributed by atoms with E-state index in [1.807, 2.05) is 25.5 Å². The maximum atomic E-state index is 4.44. The van der Waals surface area contributed by atoms with Crippen LogP contribution in [0.4, 0.5) is 0 Å². The molecule has 4 nitrogen and oxygen atoms in total. The average Bonchev–Trinajstić information content (AvgIpc) is 2.79. The van der Waals surface area contributed by atoms with Crippen molar-refractivity contribution in [1.29, 1.82) is 0 Å². The lowest BCUT2D eigenvalue weighted by molar-refractivity contribution is 0.458. The molecule has 1 unspecified atom stereocenters. The fourth-order valence-electron chi connectivity index (χ4n) is 2.18. The topological polar surface area (TPSA) is 42.7 Å². The molecule has 0 fully saturated rings. The Morgan fingerprint density at radius 1 is 1.37 bits per heavy atom. The van der Waals surface area contributed by atoms with Crippen molar-refractivity contribution < 1.29 is 0 Å². The molecular weight excluding hydrogens is 304 g/mol. The largest absolute Gasteiger partial charge is 0.311 e. The molecule has 1 atom stereocenters. The third-order valence-corrected chi connectivity index (χ3v) is 3.73. The van der Waals surface area contributed by atoms with Crippen molar-refractivity contribution in [3.63, 3.8) is 0 Å². The number of aromatic nitrogens is 3. The van der Waals surface area contributed by atoms with Gasteiger partial charge >= 0.3 is 0 Å². The van der Waals surface area contributed by atoms with Crippen LogP contribution in [0.2, 0.25) is 0 Å². The number of nitrogens with one attached hydrogen (secondary N) is 1. The van der Waals surface area contributed by atoms with E-state index in [9.17, 15) is 0 Å². The minimum atomic E-state index is 0.212. The summed E-state index contributed by atoms with van der Waals surface area (Å²) in [6.45, 7) is 4.28. The van der Waals surface area contributed by atoms with Crippen LogP contribution in [0.25, 0.3) is 0 Å². The van der Waals surface area contributed by atoms with Gasteiger partial charge in [-0.05, 0) is 54.9 Å². The summed E-state index contributed by atoms with van der Waals surface area (Å²) in [6.07, 6.45) is 6.46. The summed E-state index contributed by atoms with van der Waals surface area (Å²) in [6, 6.07) is 4.62. The Kier molecular flexibility index (Phi) is 4.71. The highest BCUT2D eigenvalue weighted by atomic mass is 79.9. The normalized spacial score (nSPS) is 12.9. The van der Waals surface area contributed by atoms with Crippen LogP contribution >= 0.6 is 15.9 Å². The van der Waals surface area contributed by atoms with Gasteiger partial charge < -0.3 is 5.32 Å². The summed E-state index contributed by atoms with van der Waals surface area (Å²) in [5, 5.41) is 7.81. The van der Waals surface area contributed by atoms with E-state index in [0.717, 1.165) is 10.9 Å². The first-order chi connectivity index (χ1) is 9.13. The summed E-state index contributed by atoms with van der Waals surface area (Å²) < 4.78 is 3.10. The van der Waals surface area contributed by atoms with E-state index >= 15 is 0 Å². The first-order valence-electron chi connectivity index (χ1n) is 6.42. The second-order valence-electron chi connectivity index (χ2n) is 4.82. The lowest BCUT2D eigenvalue weighted by Gasteiger charge is -2.20. The molecule has 2 aromatic heterocycles. The molecular formula is C14H19BrN4. The van der Waals surface area contributed by atoms with Crippen molar-refractivity contribution in [3.05, 3.63) is 46.5 Å². The molecule has 19 heavy (non-hydrogen) atoms. The summed E-state index contributed by atoms with van der Waals surface area (Å²) in [7, 11) is 1.98. The Balaban J connectivity index is 2.29. The van der Waals surface area contributed by atoms with Gasteiger partial charge in [-0.15, -0.1) is 0 Å². The molecule has 0 radical (unpaired) electrons. The monoisotopic (exact) mass is 322 g/mol. The van der Waals surface area contributed by atoms with Crippen LogP contribution in [-0.4, -0.2) is 21.8 Å². The van der Waals surface area contributed by atoms with Gasteiger partial charge in [-0.25, -0.2) is 0 Å². The van der Waals surface area contributed by atoms with E-state index in [-0.39, 0.29) is 6.04 Å². The van der Waals surface area contributed by atoms with Crippen LogP contribution < -0.4 is 5.32 Å². The number of hydrogen-bond donors (Lipinski definition) is 1. The average molecular weight is 323 g/mol. The van der Waals surface area contributed by atoms with Gasteiger partial charge in [0.05, 0.1) is 22.4 Å². The first-order valence-corrected chi connectivity index (χ1v) is 7.21. The predicted molar refractivity (Wildman–Crippen MR) is 80.1 cm³/mol. The van der Waals surface area contributed by atoms with Crippen molar-refractivity contribution >= 4 is 15.9 Å². The molecule has 1 N–H and O–H groups in total. The van der Waals surface area contributed by atoms with E-state index in [0.29, 0.717) is 6.04 Å². The highest BCUT2D eigenvalue weighted by Crippen LogP contribution is 2.27. The molecule has 0 aliphatic heterocycles. The van der Waals surface area contributed by atoms with Crippen LogP contribution in [-0.2, 0) is 6.42 Å². The fraction of sp³-hybridized carbons (Fsp3) is 0.429. The number of halogens is 1. The molecule has 0 saturated heterocycles. The smallest absolute Gasteiger partial charge is 0.0702 e. The minimum absolute atomic E-state index is 0.212. The van der Waals surface area contributed by atoms with Gasteiger partial charge in [-0.2, -0.15) is 5.10 Å². The molecule has 2 rings (SSSR count). The Labute approximate surface area is 122 Å². The van der Waals surface area contributed by atoms with Crippen molar-refractivity contribution in [2.45, 2.75) is 32.4 Å². The van der Waals surface area contributed by atoms with E-state index in [1.54, 1.807) is 6.20 Å². The SMILES string of the molecule is CNC(Cc1cccnc1)c1c(Br)cnn1C(C)C. The van der Waals surface area contributed by atoms with Gasteiger partial charge in [-0.1, -0.05) is 6.07 Å². The van der Waals surface area contributed by atoms with Gasteiger partial charge in [-0.3, -0.25) is 9.67 Å². The Morgan fingerprint density at radius 2 is 2.16 bits per heavy atom. The number of likely N-dealkylation sites (N-methyl/N-ethyl adjacent to an activating group) is 1. The molecule has 0 aliphatic rings. The van der Waals surface area contributed by atoms with Crippen molar-refractivity contribution in [2.24, 2.45) is 0 Å². The third kappa shape index (κ3) is 3.22. The van der Waals surface area contributed by atoms with Crippen LogP contribution in [0, 0.1) is 0 Å². The van der Waals surface area contributed by atoms with E-state index in [2.05, 4.69) is 55.9 Å². The van der Waals surface area contributed by atoms with Gasteiger partial charge in [0.2, 0.25) is 0 Å². The Hall–Kier alpha value is -1.20. The molecule has 5 heteroatoms. The molecule has 0 amide bonds. The standard InChI is InChI=1S/C14H19BrN4/c1-10(2)19-14(12(15)9-18-19)13(16-3)7-11-5-4-6-17-8-11/h4-6,8-10,13,16H,7H2,1-3H3. The predicted octanol–water partition coefficient (Wildman–Crippen LogP) is 3.12. The van der Waals surface area contributed by atoms with Crippen molar-refractivity contribution in [1.82, 2.24) is 20.1 Å². The van der Waals surface area contributed by atoms with Crippen LogP contribution in [0.15, 0.2) is 35.2 Å². The Bertz CT molecular complexity index is 521. The zero-order valence-electron chi connectivity index (χ0n) is 11.5. The molecule has 2 heterocycles. The summed E-state index contributed by atoms with van der Waals surface area (Å²) >= 11 is 3.60. The summed E-state index contributed by atoms with van der Waals surface area (Å²) in [5.74, 6) is 0. The van der Waals surface area contributed by atoms with Gasteiger partial charge in [0, 0.05) is 18.4 Å². The van der Waals surface area contributed by atoms with Crippen LogP contribution in [0.1, 0.15) is 37.2 Å². The van der Waals surface area contributed by atoms with E-state index in [1.165, 1.54) is 11.3 Å². The number of pyridine rings is 1. The summed E-state index contributed by atoms with van der Waals surface area (Å²) in [4.78, 5) is 4.17. The Morgan fingerprint density at radius 3 is 2.74 bits per heavy atom. The maximum absolute atomic E-state index is 4.44. The third-order valence-electron chi connectivity index (χ3n) is 3.12. The molecule has 0 saturated carbocycles. The van der Waals surface area contributed by atoms with Crippen LogP contribution in [0.3, 0.4) is 0 Å². The zero-order valence-corrected chi connectivity index (χ0v) is 13.1. The molecule has 0 bridgehead atoms. The first kappa shape index (κ1) is 14.2. The molecule has 0 spiro atoms. The van der Waals surface area contributed by atoms with Crippen LogP contribution in [0.5, 0.6) is 0 Å². The van der Waals surface area contributed by atoms with E-state index < -0.39 is 0 Å². The van der Waals surface area contributed by atoms with Gasteiger partial charge in [0.25, 0.3) is 0 Å². The minimum Gasteiger partial charge on any atom is -0.311 e. The highest BCUT2D eigenvalue weighted by molar-refractivity contribution is 9.10. The summed E-state index contributed by atoms with van der Waals surface area (Å²) in [5.41, 5.74) is 2.40. The van der Waals surface area contributed by atoms with Gasteiger partial charge in [0.1, 0.15) is 0 Å². The van der Waals surface area contributed by atoms with Crippen molar-refractivity contribution in [3.8, 4) is 0 Å². The fourth-order valence-corrected chi connectivity index (χ4v) is 2.73. The lowest BCUT2D eigenvalue weighted by atomic mass is 10.0. The number of rotatable bonds is 5. The molecule has 2 aromatic rings. The molecule has 102 valence electrons. The molecule has 0 aromatic carbocycles. The second kappa shape index (κ2) is 6.30. The van der Waals surface area contributed by atoms with E-state index in [4.69, 9.17) is 0 Å². The second-order valence-corrected chi connectivity index (χ2v) is 5.68. The van der Waals surface area contributed by atoms with Crippen molar-refractivity contribution in [2.75, 3.05) is 7.05 Å². The number of nitrogens with zero attached hydrogens (tertiary/aromatic N) is 3. The van der Waals surface area contributed by atoms with Gasteiger partial charge in [0.15, 0.2) is 0 Å². The number of hydrogen-bond acceptors (Lipinski definition) is 3. The molecule has 0 aliphatic carbocycles. The lowest BCUT2D eigenvalue weighted by Crippen LogP contribution is -2.23.